The summed E-state index contributed by atoms with van der Waals surface area (Å²) >= 11 is 0. The normalized spacial score (nSPS) is 10.9. The van der Waals surface area contributed by atoms with Crippen molar-refractivity contribution in [2.75, 3.05) is 4.90 Å². The van der Waals surface area contributed by atoms with Crippen LogP contribution in [0.2, 0.25) is 0 Å². The highest BCUT2D eigenvalue weighted by atomic mass is 16.2. The number of benzene rings is 3. The fourth-order valence-electron chi connectivity index (χ4n) is 3.83. The summed E-state index contributed by atoms with van der Waals surface area (Å²) in [4.78, 5) is 31.0. The number of anilines is 1. The molecule has 0 spiro atoms. The predicted molar refractivity (Wildman–Crippen MR) is 122 cm³/mol. The van der Waals surface area contributed by atoms with Gasteiger partial charge in [-0.25, -0.2) is 0 Å². The van der Waals surface area contributed by atoms with Gasteiger partial charge in [0, 0.05) is 16.8 Å². The highest BCUT2D eigenvalue weighted by Gasteiger charge is 2.21. The van der Waals surface area contributed by atoms with E-state index < -0.39 is 0 Å². The van der Waals surface area contributed by atoms with Gasteiger partial charge < -0.3 is 9.88 Å². The quantitative estimate of drug-likeness (QED) is 0.509. The standard InChI is InChI=1S/C26H24N2O2/c1-17-12-13-23(19(3)14-17)28(26(30)20-9-5-4-6-10-20)16-22-15-21-11-7-8-18(2)24(21)27-25(22)29/h4-15H,16H2,1-3H3,(H,27,29). The molecule has 4 heteroatoms. The summed E-state index contributed by atoms with van der Waals surface area (Å²) in [5.41, 5.74) is 5.74. The Kier molecular flexibility index (Phi) is 5.23. The number of hydrogen-bond donors (Lipinski definition) is 1. The van der Waals surface area contributed by atoms with Crippen LogP contribution in [0.5, 0.6) is 0 Å². The maximum atomic E-state index is 13.4. The van der Waals surface area contributed by atoms with E-state index >= 15 is 0 Å². The van der Waals surface area contributed by atoms with Crippen molar-refractivity contribution in [1.82, 2.24) is 4.98 Å². The molecule has 1 heterocycles. The number of nitrogens with zero attached hydrogens (tertiary/aromatic N) is 1. The summed E-state index contributed by atoms with van der Waals surface area (Å²) in [6.45, 7) is 6.17. The number of H-pyrrole nitrogens is 1. The molecule has 1 N–H and O–H groups in total. The summed E-state index contributed by atoms with van der Waals surface area (Å²) in [7, 11) is 0. The average Bonchev–Trinajstić information content (AvgIpc) is 2.74. The first kappa shape index (κ1) is 19.6. The maximum absolute atomic E-state index is 13.4. The van der Waals surface area contributed by atoms with Crippen LogP contribution < -0.4 is 10.5 Å². The van der Waals surface area contributed by atoms with Crippen molar-refractivity contribution in [3.05, 3.63) is 111 Å². The number of pyridine rings is 1. The average molecular weight is 396 g/mol. The highest BCUT2D eigenvalue weighted by molar-refractivity contribution is 6.06. The Morgan fingerprint density at radius 1 is 0.867 bits per heavy atom. The molecule has 0 bridgehead atoms. The summed E-state index contributed by atoms with van der Waals surface area (Å²) in [5.74, 6) is -0.133. The van der Waals surface area contributed by atoms with Crippen molar-refractivity contribution < 1.29 is 4.79 Å². The van der Waals surface area contributed by atoms with E-state index in [1.165, 1.54) is 0 Å². The van der Waals surface area contributed by atoms with Gasteiger partial charge in [-0.2, -0.15) is 0 Å². The van der Waals surface area contributed by atoms with Crippen molar-refractivity contribution in [1.29, 1.82) is 0 Å². The van der Waals surface area contributed by atoms with E-state index in [2.05, 4.69) is 11.1 Å². The van der Waals surface area contributed by atoms with Gasteiger partial charge in [-0.3, -0.25) is 9.59 Å². The lowest BCUT2D eigenvalue weighted by molar-refractivity contribution is 0.0985. The number of nitrogens with one attached hydrogen (secondary N) is 1. The number of carbonyl (C=O) groups is 1. The monoisotopic (exact) mass is 396 g/mol. The van der Waals surface area contributed by atoms with Crippen LogP contribution in [0.4, 0.5) is 5.69 Å². The maximum Gasteiger partial charge on any atom is 0.258 e. The fourth-order valence-corrected chi connectivity index (χ4v) is 3.83. The molecule has 0 saturated heterocycles. The summed E-state index contributed by atoms with van der Waals surface area (Å²) in [6.07, 6.45) is 0. The molecule has 4 nitrogen and oxygen atoms in total. The van der Waals surface area contributed by atoms with Gasteiger partial charge in [-0.05, 0) is 61.5 Å². The smallest absolute Gasteiger partial charge is 0.258 e. The molecule has 4 aromatic rings. The zero-order valence-electron chi connectivity index (χ0n) is 17.4. The molecular formula is C26H24N2O2. The topological polar surface area (TPSA) is 53.2 Å². The Hall–Kier alpha value is -3.66. The number of aromatic amines is 1. The molecule has 0 unspecified atom stereocenters. The Labute approximate surface area is 175 Å². The third-order valence-electron chi connectivity index (χ3n) is 5.40. The molecule has 0 saturated carbocycles. The third-order valence-corrected chi connectivity index (χ3v) is 5.40. The van der Waals surface area contributed by atoms with Gasteiger partial charge in [0.1, 0.15) is 0 Å². The summed E-state index contributed by atoms with van der Waals surface area (Å²) in [5, 5.41) is 0.956. The number of para-hydroxylation sites is 1. The predicted octanol–water partition coefficient (Wildman–Crippen LogP) is 5.30. The molecule has 30 heavy (non-hydrogen) atoms. The highest BCUT2D eigenvalue weighted by Crippen LogP contribution is 2.25. The molecular weight excluding hydrogens is 372 g/mol. The first-order valence-electron chi connectivity index (χ1n) is 10.00. The first-order chi connectivity index (χ1) is 14.4. The van der Waals surface area contributed by atoms with Gasteiger partial charge in [0.25, 0.3) is 11.5 Å². The number of hydrogen-bond acceptors (Lipinski definition) is 2. The molecule has 0 aliphatic carbocycles. The van der Waals surface area contributed by atoms with Crippen LogP contribution in [-0.4, -0.2) is 10.9 Å². The molecule has 4 rings (SSSR count). The minimum Gasteiger partial charge on any atom is -0.321 e. The van der Waals surface area contributed by atoms with Crippen LogP contribution in [0, 0.1) is 20.8 Å². The zero-order valence-corrected chi connectivity index (χ0v) is 17.4. The lowest BCUT2D eigenvalue weighted by atomic mass is 10.1. The fraction of sp³-hybridized carbons (Fsp3) is 0.154. The summed E-state index contributed by atoms with van der Waals surface area (Å²) in [6, 6.07) is 23.0. The van der Waals surface area contributed by atoms with Crippen LogP contribution in [-0.2, 0) is 6.54 Å². The Bertz CT molecular complexity index is 1290. The minimum atomic E-state index is -0.174. The van der Waals surface area contributed by atoms with Gasteiger partial charge in [0.2, 0.25) is 0 Å². The number of amides is 1. The molecule has 3 aromatic carbocycles. The third kappa shape index (κ3) is 3.77. The first-order valence-corrected chi connectivity index (χ1v) is 10.00. The number of carbonyl (C=O) groups excluding carboxylic acids is 1. The molecule has 1 amide bonds. The largest absolute Gasteiger partial charge is 0.321 e. The second kappa shape index (κ2) is 7.99. The molecule has 0 aliphatic heterocycles. The van der Waals surface area contributed by atoms with Crippen molar-refractivity contribution in [2.24, 2.45) is 0 Å². The van der Waals surface area contributed by atoms with Gasteiger partial charge in [-0.15, -0.1) is 0 Å². The Morgan fingerprint density at radius 2 is 1.63 bits per heavy atom. The van der Waals surface area contributed by atoms with E-state index in [9.17, 15) is 9.59 Å². The Balaban J connectivity index is 1.82. The van der Waals surface area contributed by atoms with E-state index in [1.807, 2.05) is 75.4 Å². The molecule has 0 fully saturated rings. The Morgan fingerprint density at radius 3 is 2.37 bits per heavy atom. The van der Waals surface area contributed by atoms with Gasteiger partial charge >= 0.3 is 0 Å². The molecule has 0 atom stereocenters. The van der Waals surface area contributed by atoms with E-state index in [1.54, 1.807) is 17.0 Å². The lowest BCUT2D eigenvalue weighted by Crippen LogP contribution is -2.33. The van der Waals surface area contributed by atoms with E-state index in [4.69, 9.17) is 0 Å². The van der Waals surface area contributed by atoms with Gasteiger partial charge in [0.05, 0.1) is 12.1 Å². The lowest BCUT2D eigenvalue weighted by Gasteiger charge is -2.25. The SMILES string of the molecule is Cc1ccc(N(Cc2cc3cccc(C)c3[nH]c2=O)C(=O)c2ccccc2)c(C)c1. The molecule has 0 aliphatic rings. The van der Waals surface area contributed by atoms with E-state index in [0.29, 0.717) is 11.1 Å². The van der Waals surface area contributed by atoms with Crippen LogP contribution in [0.3, 0.4) is 0 Å². The van der Waals surface area contributed by atoms with Crippen LogP contribution in [0.25, 0.3) is 10.9 Å². The van der Waals surface area contributed by atoms with Crippen LogP contribution in [0.15, 0.2) is 77.6 Å². The van der Waals surface area contributed by atoms with Crippen LogP contribution in [0.1, 0.15) is 32.6 Å². The zero-order chi connectivity index (χ0) is 21.3. The van der Waals surface area contributed by atoms with Crippen molar-refractivity contribution in [2.45, 2.75) is 27.3 Å². The van der Waals surface area contributed by atoms with E-state index in [-0.39, 0.29) is 18.0 Å². The molecule has 0 radical (unpaired) electrons. The minimum absolute atomic E-state index is 0.133. The van der Waals surface area contributed by atoms with Gasteiger partial charge in [-0.1, -0.05) is 54.1 Å². The number of rotatable bonds is 4. The molecule has 1 aromatic heterocycles. The second-order valence-corrected chi connectivity index (χ2v) is 7.71. The van der Waals surface area contributed by atoms with Crippen LogP contribution >= 0.6 is 0 Å². The van der Waals surface area contributed by atoms with Crippen molar-refractivity contribution in [3.63, 3.8) is 0 Å². The number of fused-ring (bicyclic) bond motifs is 1. The number of aryl methyl sites for hydroxylation is 3. The molecule has 150 valence electrons. The van der Waals surface area contributed by atoms with E-state index in [0.717, 1.165) is 33.3 Å². The second-order valence-electron chi connectivity index (χ2n) is 7.71. The number of aromatic nitrogens is 1. The van der Waals surface area contributed by atoms with Crippen molar-refractivity contribution >= 4 is 22.5 Å². The van der Waals surface area contributed by atoms with Crippen molar-refractivity contribution in [3.8, 4) is 0 Å². The summed E-state index contributed by atoms with van der Waals surface area (Å²) < 4.78 is 0. The van der Waals surface area contributed by atoms with Gasteiger partial charge in [0.15, 0.2) is 0 Å².